The topological polar surface area (TPSA) is 53.0 Å². The van der Waals surface area contributed by atoms with Gasteiger partial charge in [0.15, 0.2) is 0 Å². The van der Waals surface area contributed by atoms with Crippen molar-refractivity contribution in [2.75, 3.05) is 0 Å². The average Bonchev–Trinajstić information content (AvgIpc) is 1.88. The van der Waals surface area contributed by atoms with Crippen molar-refractivity contribution < 1.29 is 9.90 Å². The van der Waals surface area contributed by atoms with Gasteiger partial charge in [-0.1, -0.05) is 0 Å². The molecule has 0 amide bonds. The summed E-state index contributed by atoms with van der Waals surface area (Å²) in [6.07, 6.45) is 1.28. The zero-order valence-corrected chi connectivity index (χ0v) is 5.50. The fourth-order valence-electron chi connectivity index (χ4n) is 0.589. The maximum Gasteiger partial charge on any atom is 0.0730 e. The van der Waals surface area contributed by atoms with Crippen LogP contribution in [0.5, 0.6) is 0 Å². The van der Waals surface area contributed by atoms with E-state index in [4.69, 9.17) is 0 Å². The monoisotopic (exact) mass is 136 g/mol. The number of rotatable bonds is 1. The minimum absolute atomic E-state index is 0.116. The first-order valence-corrected chi connectivity index (χ1v) is 2.84. The van der Waals surface area contributed by atoms with E-state index in [1.54, 1.807) is 13.0 Å². The van der Waals surface area contributed by atoms with Crippen LogP contribution in [0.15, 0.2) is 18.3 Å². The zero-order chi connectivity index (χ0) is 7.56. The van der Waals surface area contributed by atoms with Crippen LogP contribution in [0.2, 0.25) is 0 Å². The fraction of sp³-hybridized carbons (Fsp3) is 0.143. The van der Waals surface area contributed by atoms with Gasteiger partial charge < -0.3 is 9.90 Å². The Hall–Kier alpha value is -1.38. The van der Waals surface area contributed by atoms with Crippen LogP contribution < -0.4 is 5.11 Å². The van der Waals surface area contributed by atoms with Gasteiger partial charge in [0.2, 0.25) is 0 Å². The van der Waals surface area contributed by atoms with Crippen LogP contribution in [0.3, 0.4) is 0 Å². The molecule has 0 fully saturated rings. The third kappa shape index (κ3) is 1.31. The summed E-state index contributed by atoms with van der Waals surface area (Å²) in [5.74, 6) is -1.19. The molecule has 0 aliphatic heterocycles. The molecule has 1 aromatic heterocycles. The highest BCUT2D eigenvalue weighted by molar-refractivity contribution is 5.85. The van der Waals surface area contributed by atoms with Crippen LogP contribution in [0.1, 0.15) is 16.1 Å². The molecule has 0 spiro atoms. The van der Waals surface area contributed by atoms with E-state index in [1.807, 2.05) is 0 Å². The molecule has 0 saturated heterocycles. The first-order valence-electron chi connectivity index (χ1n) is 2.84. The second kappa shape index (κ2) is 2.47. The second-order valence-electron chi connectivity index (χ2n) is 1.98. The number of carbonyl (C=O) groups excluding carboxylic acids is 1. The van der Waals surface area contributed by atoms with Crippen LogP contribution in [0.25, 0.3) is 0 Å². The van der Waals surface area contributed by atoms with Gasteiger partial charge in [-0.2, -0.15) is 0 Å². The number of aromatic nitrogens is 1. The summed E-state index contributed by atoms with van der Waals surface area (Å²) in [6.45, 7) is 1.79. The number of aryl methyl sites for hydroxylation is 1. The average molecular weight is 136 g/mol. The molecular formula is C7H6NO2-. The van der Waals surface area contributed by atoms with E-state index in [-0.39, 0.29) is 5.56 Å². The second-order valence-corrected chi connectivity index (χ2v) is 1.98. The molecule has 0 N–H and O–H groups in total. The van der Waals surface area contributed by atoms with E-state index < -0.39 is 5.97 Å². The number of aromatic carboxylic acids is 1. The van der Waals surface area contributed by atoms with Gasteiger partial charge in [0.1, 0.15) is 0 Å². The number of carboxylic acid groups (broad SMARTS) is 1. The van der Waals surface area contributed by atoms with Crippen LogP contribution in [0, 0.1) is 6.92 Å². The standard InChI is InChI=1S/C7H7NO2/c1-5-2-3-6(4-8-5)7(9)10/h2-4H,1H3,(H,9,10)/p-1. The maximum absolute atomic E-state index is 10.2. The lowest BCUT2D eigenvalue weighted by Gasteiger charge is -1.99. The SMILES string of the molecule is Cc1ccc(C(=O)[O-])cn1. The Bertz CT molecular complexity index is 240. The van der Waals surface area contributed by atoms with Gasteiger partial charge in [0.25, 0.3) is 0 Å². The van der Waals surface area contributed by atoms with E-state index in [0.717, 1.165) is 5.69 Å². The number of carbonyl (C=O) groups is 1. The third-order valence-corrected chi connectivity index (χ3v) is 1.15. The van der Waals surface area contributed by atoms with Gasteiger partial charge in [-0.3, -0.25) is 4.98 Å². The quantitative estimate of drug-likeness (QED) is 0.535. The van der Waals surface area contributed by atoms with Crippen molar-refractivity contribution >= 4 is 5.97 Å². The number of nitrogens with zero attached hydrogens (tertiary/aromatic N) is 1. The molecule has 0 aliphatic rings. The van der Waals surface area contributed by atoms with Crippen molar-refractivity contribution in [2.24, 2.45) is 0 Å². The van der Waals surface area contributed by atoms with Crippen molar-refractivity contribution in [3.05, 3.63) is 29.6 Å². The van der Waals surface area contributed by atoms with E-state index >= 15 is 0 Å². The van der Waals surface area contributed by atoms with Gasteiger partial charge in [-0.15, -0.1) is 0 Å². The summed E-state index contributed by atoms with van der Waals surface area (Å²) in [7, 11) is 0. The fourth-order valence-corrected chi connectivity index (χ4v) is 0.589. The van der Waals surface area contributed by atoms with E-state index in [0.29, 0.717) is 0 Å². The first-order chi connectivity index (χ1) is 4.70. The Kier molecular flexibility index (Phi) is 1.67. The third-order valence-electron chi connectivity index (χ3n) is 1.15. The van der Waals surface area contributed by atoms with Crippen LogP contribution >= 0.6 is 0 Å². The predicted molar refractivity (Wildman–Crippen MR) is 33.3 cm³/mol. The number of hydrogen-bond acceptors (Lipinski definition) is 3. The van der Waals surface area contributed by atoms with E-state index in [1.165, 1.54) is 12.3 Å². The summed E-state index contributed by atoms with van der Waals surface area (Å²) >= 11 is 0. The molecule has 0 atom stereocenters. The van der Waals surface area contributed by atoms with Gasteiger partial charge in [0.05, 0.1) is 5.97 Å². The molecule has 0 saturated carbocycles. The normalized spacial score (nSPS) is 9.30. The molecule has 3 nitrogen and oxygen atoms in total. The largest absolute Gasteiger partial charge is 0.545 e. The highest BCUT2D eigenvalue weighted by Gasteiger charge is 1.90. The molecule has 3 heteroatoms. The zero-order valence-electron chi connectivity index (χ0n) is 5.50. The van der Waals surface area contributed by atoms with E-state index in [2.05, 4.69) is 4.98 Å². The smallest absolute Gasteiger partial charge is 0.0730 e. The van der Waals surface area contributed by atoms with E-state index in [9.17, 15) is 9.90 Å². The summed E-state index contributed by atoms with van der Waals surface area (Å²) in [5.41, 5.74) is 0.913. The molecule has 1 heterocycles. The molecule has 10 heavy (non-hydrogen) atoms. The summed E-state index contributed by atoms with van der Waals surface area (Å²) in [6, 6.07) is 3.10. The minimum Gasteiger partial charge on any atom is -0.545 e. The van der Waals surface area contributed by atoms with Crippen LogP contribution in [0.4, 0.5) is 0 Å². The molecule has 52 valence electrons. The molecule has 0 bridgehead atoms. The Labute approximate surface area is 58.3 Å². The molecule has 0 unspecified atom stereocenters. The highest BCUT2D eigenvalue weighted by atomic mass is 16.4. The predicted octanol–water partition coefficient (Wildman–Crippen LogP) is -0.246. The molecule has 0 aliphatic carbocycles. The lowest BCUT2D eigenvalue weighted by Crippen LogP contribution is -2.22. The van der Waals surface area contributed by atoms with Gasteiger partial charge in [-0.05, 0) is 19.1 Å². The lowest BCUT2D eigenvalue weighted by molar-refractivity contribution is -0.255. The maximum atomic E-state index is 10.2. The van der Waals surface area contributed by atoms with Crippen molar-refractivity contribution in [3.63, 3.8) is 0 Å². The van der Waals surface area contributed by atoms with Crippen molar-refractivity contribution in [2.45, 2.75) is 6.92 Å². The lowest BCUT2D eigenvalue weighted by atomic mass is 10.3. The number of carboxylic acids is 1. The van der Waals surface area contributed by atoms with Crippen molar-refractivity contribution in [3.8, 4) is 0 Å². The Balaban J connectivity index is 3.00. The van der Waals surface area contributed by atoms with Crippen molar-refractivity contribution in [1.29, 1.82) is 0 Å². The summed E-state index contributed by atoms with van der Waals surface area (Å²) in [4.78, 5) is 13.9. The van der Waals surface area contributed by atoms with Crippen LogP contribution in [-0.2, 0) is 0 Å². The Morgan fingerprint density at radius 1 is 1.60 bits per heavy atom. The van der Waals surface area contributed by atoms with Gasteiger partial charge in [0, 0.05) is 17.5 Å². The van der Waals surface area contributed by atoms with Gasteiger partial charge >= 0.3 is 0 Å². The number of pyridine rings is 1. The van der Waals surface area contributed by atoms with Crippen LogP contribution in [-0.4, -0.2) is 11.0 Å². The molecule has 0 radical (unpaired) electrons. The molecule has 1 rings (SSSR count). The first kappa shape index (κ1) is 6.74. The highest BCUT2D eigenvalue weighted by Crippen LogP contribution is 1.96. The summed E-state index contributed by atoms with van der Waals surface area (Å²) in [5, 5.41) is 10.2. The van der Waals surface area contributed by atoms with Gasteiger partial charge in [-0.25, -0.2) is 0 Å². The minimum atomic E-state index is -1.19. The number of hydrogen-bond donors (Lipinski definition) is 0. The Morgan fingerprint density at radius 2 is 2.30 bits per heavy atom. The molecular weight excluding hydrogens is 130 g/mol. The summed E-state index contributed by atoms with van der Waals surface area (Å²) < 4.78 is 0. The Morgan fingerprint density at radius 3 is 2.70 bits per heavy atom. The molecule has 1 aromatic rings. The van der Waals surface area contributed by atoms with Crippen molar-refractivity contribution in [1.82, 2.24) is 4.98 Å². The molecule has 0 aromatic carbocycles.